The molecule has 3 nitrogen and oxygen atoms in total. The fraction of sp³-hybridized carbons (Fsp3) is 1.00. The number of rotatable bonds is 2. The number of hydrogen-bond acceptors (Lipinski definition) is 3. The van der Waals surface area contributed by atoms with Gasteiger partial charge in [0, 0.05) is 38.8 Å². The van der Waals surface area contributed by atoms with Crippen molar-refractivity contribution in [3.63, 3.8) is 0 Å². The lowest BCUT2D eigenvalue weighted by Crippen LogP contribution is -2.66. The van der Waals surface area contributed by atoms with Gasteiger partial charge in [0.15, 0.2) is 0 Å². The number of nitrogens with zero attached hydrogens (tertiary/aromatic N) is 2. The number of piperazine rings is 3. The predicted molar refractivity (Wildman–Crippen MR) is 48.0 cm³/mol. The van der Waals surface area contributed by atoms with Gasteiger partial charge in [-0.2, -0.15) is 0 Å². The Kier molecular flexibility index (Phi) is 2.35. The molecule has 2 atom stereocenters. The van der Waals surface area contributed by atoms with Crippen LogP contribution in [0.4, 0.5) is 0 Å². The molecule has 3 rings (SSSR count). The van der Waals surface area contributed by atoms with Gasteiger partial charge in [0.25, 0.3) is 0 Å². The second-order valence-electron chi connectivity index (χ2n) is 3.66. The molecule has 3 fully saturated rings. The minimum absolute atomic E-state index is 0.359. The van der Waals surface area contributed by atoms with Gasteiger partial charge in [0.05, 0.1) is 0 Å². The Hall–Kier alpha value is -0.120. The van der Waals surface area contributed by atoms with Gasteiger partial charge in [-0.05, 0) is 13.8 Å². The normalized spacial score (nSPS) is 46.5. The monoisotopic (exact) mass is 170 g/mol. The van der Waals surface area contributed by atoms with Gasteiger partial charge < -0.3 is 4.74 Å². The van der Waals surface area contributed by atoms with Crippen LogP contribution in [0.1, 0.15) is 13.8 Å². The van der Waals surface area contributed by atoms with E-state index in [1.54, 1.807) is 0 Å². The maximum atomic E-state index is 5.71. The van der Waals surface area contributed by atoms with E-state index in [1.165, 1.54) is 26.2 Å². The van der Waals surface area contributed by atoms with Crippen molar-refractivity contribution in [1.82, 2.24) is 9.80 Å². The summed E-state index contributed by atoms with van der Waals surface area (Å²) in [4.78, 5) is 4.99. The Morgan fingerprint density at radius 3 is 2.25 bits per heavy atom. The van der Waals surface area contributed by atoms with Crippen molar-refractivity contribution in [3.05, 3.63) is 0 Å². The summed E-state index contributed by atoms with van der Waals surface area (Å²) in [6.07, 6.45) is 0.359. The van der Waals surface area contributed by atoms with Gasteiger partial charge in [-0.1, -0.05) is 0 Å². The largest absolute Gasteiger partial charge is 0.362 e. The summed E-state index contributed by atoms with van der Waals surface area (Å²) in [7, 11) is 0. The zero-order chi connectivity index (χ0) is 8.55. The van der Waals surface area contributed by atoms with E-state index in [-0.39, 0.29) is 0 Å². The van der Waals surface area contributed by atoms with Crippen LogP contribution in [0.15, 0.2) is 0 Å². The first-order chi connectivity index (χ1) is 5.83. The van der Waals surface area contributed by atoms with Crippen LogP contribution in [-0.4, -0.2) is 54.9 Å². The summed E-state index contributed by atoms with van der Waals surface area (Å²) in [5.41, 5.74) is 0. The third-order valence-corrected chi connectivity index (χ3v) is 3.03. The van der Waals surface area contributed by atoms with E-state index in [0.29, 0.717) is 12.3 Å². The van der Waals surface area contributed by atoms with E-state index >= 15 is 0 Å². The van der Waals surface area contributed by atoms with Crippen LogP contribution in [0.3, 0.4) is 0 Å². The van der Waals surface area contributed by atoms with E-state index in [4.69, 9.17) is 4.74 Å². The summed E-state index contributed by atoms with van der Waals surface area (Å²) in [5, 5.41) is 0. The minimum atomic E-state index is 0.359. The van der Waals surface area contributed by atoms with Crippen LogP contribution in [0.2, 0.25) is 0 Å². The molecule has 2 unspecified atom stereocenters. The summed E-state index contributed by atoms with van der Waals surface area (Å²) in [5.74, 6) is 0. The molecule has 12 heavy (non-hydrogen) atoms. The van der Waals surface area contributed by atoms with Crippen molar-refractivity contribution in [1.29, 1.82) is 0 Å². The SMILES string of the molecule is CCOC1C(C)N2CCN1CC2. The standard InChI is InChI=1S/C9H18N2O/c1-3-12-9-8(2)10-4-6-11(9)7-5-10/h8-9H,3-7H2,1-2H3. The highest BCUT2D eigenvalue weighted by Crippen LogP contribution is 2.22. The molecule has 0 radical (unpaired) electrons. The van der Waals surface area contributed by atoms with Gasteiger partial charge in [0.1, 0.15) is 6.23 Å². The fourth-order valence-corrected chi connectivity index (χ4v) is 2.30. The zero-order valence-electron chi connectivity index (χ0n) is 7.99. The summed E-state index contributed by atoms with van der Waals surface area (Å²) in [6, 6.07) is 0.590. The molecule has 3 aliphatic heterocycles. The van der Waals surface area contributed by atoms with Crippen LogP contribution in [0, 0.1) is 0 Å². The summed E-state index contributed by atoms with van der Waals surface area (Å²) >= 11 is 0. The zero-order valence-corrected chi connectivity index (χ0v) is 7.99. The molecule has 0 aromatic carbocycles. The predicted octanol–water partition coefficient (Wildman–Crippen LogP) is 0.369. The molecular formula is C9H18N2O. The first-order valence-corrected chi connectivity index (χ1v) is 4.92. The second kappa shape index (κ2) is 3.32. The number of ether oxygens (including phenoxy) is 1. The molecule has 2 bridgehead atoms. The molecule has 3 saturated heterocycles. The van der Waals surface area contributed by atoms with Crippen LogP contribution < -0.4 is 0 Å². The third-order valence-electron chi connectivity index (χ3n) is 3.03. The summed E-state index contributed by atoms with van der Waals surface area (Å²) < 4.78 is 5.71. The Morgan fingerprint density at radius 2 is 1.75 bits per heavy atom. The third kappa shape index (κ3) is 1.26. The molecule has 0 aliphatic carbocycles. The number of hydrogen-bond donors (Lipinski definition) is 0. The van der Waals surface area contributed by atoms with Gasteiger partial charge in [-0.25, -0.2) is 0 Å². The molecule has 0 aromatic rings. The van der Waals surface area contributed by atoms with Crippen LogP contribution in [-0.2, 0) is 4.74 Å². The quantitative estimate of drug-likeness (QED) is 0.595. The Balaban J connectivity index is 2.02. The lowest BCUT2D eigenvalue weighted by Gasteiger charge is -2.51. The smallest absolute Gasteiger partial charge is 0.126 e. The Morgan fingerprint density at radius 1 is 1.17 bits per heavy atom. The van der Waals surface area contributed by atoms with E-state index in [2.05, 4.69) is 23.6 Å². The highest BCUT2D eigenvalue weighted by atomic mass is 16.5. The fourth-order valence-electron chi connectivity index (χ4n) is 2.30. The molecule has 70 valence electrons. The molecule has 0 aromatic heterocycles. The highest BCUT2D eigenvalue weighted by molar-refractivity contribution is 4.89. The van der Waals surface area contributed by atoms with E-state index < -0.39 is 0 Å². The number of fused-ring (bicyclic) bond motifs is 3. The first kappa shape index (κ1) is 8.48. The van der Waals surface area contributed by atoms with Gasteiger partial charge >= 0.3 is 0 Å². The molecular weight excluding hydrogens is 152 g/mol. The molecule has 3 heteroatoms. The van der Waals surface area contributed by atoms with Crippen LogP contribution in [0.25, 0.3) is 0 Å². The van der Waals surface area contributed by atoms with Gasteiger partial charge in [-0.3, -0.25) is 9.80 Å². The van der Waals surface area contributed by atoms with E-state index in [1.807, 2.05) is 0 Å². The lowest BCUT2D eigenvalue weighted by atomic mass is 10.1. The maximum Gasteiger partial charge on any atom is 0.126 e. The topological polar surface area (TPSA) is 15.7 Å². The molecule has 0 N–H and O–H groups in total. The Bertz CT molecular complexity index is 153. The molecule has 0 saturated carbocycles. The van der Waals surface area contributed by atoms with Crippen LogP contribution >= 0.6 is 0 Å². The minimum Gasteiger partial charge on any atom is -0.362 e. The second-order valence-corrected chi connectivity index (χ2v) is 3.66. The van der Waals surface area contributed by atoms with Crippen molar-refractivity contribution in [2.24, 2.45) is 0 Å². The average molecular weight is 170 g/mol. The lowest BCUT2D eigenvalue weighted by molar-refractivity contribution is -0.158. The van der Waals surface area contributed by atoms with Gasteiger partial charge in [0.2, 0.25) is 0 Å². The van der Waals surface area contributed by atoms with E-state index in [9.17, 15) is 0 Å². The molecule has 0 spiro atoms. The summed E-state index contributed by atoms with van der Waals surface area (Å²) in [6.45, 7) is 10.0. The van der Waals surface area contributed by atoms with Crippen molar-refractivity contribution in [2.75, 3.05) is 32.8 Å². The van der Waals surface area contributed by atoms with Crippen molar-refractivity contribution < 1.29 is 4.74 Å². The molecule has 0 amide bonds. The van der Waals surface area contributed by atoms with Crippen LogP contribution in [0.5, 0.6) is 0 Å². The van der Waals surface area contributed by atoms with E-state index in [0.717, 1.165) is 6.61 Å². The van der Waals surface area contributed by atoms with Crippen molar-refractivity contribution in [2.45, 2.75) is 26.1 Å². The van der Waals surface area contributed by atoms with Gasteiger partial charge in [-0.15, -0.1) is 0 Å². The first-order valence-electron chi connectivity index (χ1n) is 4.92. The Labute approximate surface area is 74.3 Å². The van der Waals surface area contributed by atoms with Crippen molar-refractivity contribution in [3.8, 4) is 0 Å². The van der Waals surface area contributed by atoms with Crippen molar-refractivity contribution >= 4 is 0 Å². The maximum absolute atomic E-state index is 5.71. The molecule has 3 heterocycles. The average Bonchev–Trinajstić information content (AvgIpc) is 2.12. The molecule has 3 aliphatic rings. The highest BCUT2D eigenvalue weighted by Gasteiger charge is 2.38.